The minimum absolute atomic E-state index is 0.614. The number of nitrogens with one attached hydrogen (secondary N) is 1. The van der Waals surface area contributed by atoms with Gasteiger partial charge in [-0.15, -0.1) is 5.10 Å². The van der Waals surface area contributed by atoms with E-state index in [2.05, 4.69) is 53.7 Å². The van der Waals surface area contributed by atoms with Crippen LogP contribution in [0.5, 0.6) is 0 Å². The molecule has 0 aliphatic rings. The number of anilines is 2. The number of fused-ring (bicyclic) bond motifs is 3. The monoisotopic (exact) mass is 304 g/mol. The van der Waals surface area contributed by atoms with E-state index in [-0.39, 0.29) is 0 Å². The molecule has 0 aliphatic carbocycles. The van der Waals surface area contributed by atoms with Gasteiger partial charge in [0.2, 0.25) is 5.65 Å². The first-order chi connectivity index (χ1) is 11.1. The molecule has 23 heavy (non-hydrogen) atoms. The zero-order valence-electron chi connectivity index (χ0n) is 13.2. The molecule has 0 aliphatic heterocycles. The summed E-state index contributed by atoms with van der Waals surface area (Å²) in [5, 5.41) is 15.4. The van der Waals surface area contributed by atoms with Crippen LogP contribution >= 0.6 is 0 Å². The van der Waals surface area contributed by atoms with Crippen molar-refractivity contribution in [3.63, 3.8) is 0 Å². The van der Waals surface area contributed by atoms with Gasteiger partial charge in [0.25, 0.3) is 0 Å². The summed E-state index contributed by atoms with van der Waals surface area (Å²) in [5.41, 5.74) is 6.97. The Morgan fingerprint density at radius 1 is 1.00 bits per heavy atom. The van der Waals surface area contributed by atoms with Gasteiger partial charge in [0, 0.05) is 5.69 Å². The normalized spacial score (nSPS) is 11.3. The van der Waals surface area contributed by atoms with E-state index in [1.165, 1.54) is 16.7 Å². The number of aromatic nitrogens is 5. The molecule has 1 N–H and O–H groups in total. The molecule has 114 valence electrons. The van der Waals surface area contributed by atoms with Crippen LogP contribution in [0.15, 0.2) is 36.4 Å². The standard InChI is InChI=1S/C17H16N6/c1-10-8-11(2)15(12(3)9-10)19-16-17-20-21-22-23(17)14-7-5-4-6-13(14)18-16/h4-9H,1-3H3,(H,18,19). The summed E-state index contributed by atoms with van der Waals surface area (Å²) < 4.78 is 1.71. The molecular weight excluding hydrogens is 288 g/mol. The highest BCUT2D eigenvalue weighted by Gasteiger charge is 2.13. The van der Waals surface area contributed by atoms with Gasteiger partial charge < -0.3 is 5.32 Å². The molecule has 2 aromatic carbocycles. The van der Waals surface area contributed by atoms with E-state index >= 15 is 0 Å². The van der Waals surface area contributed by atoms with Crippen LogP contribution < -0.4 is 5.32 Å². The molecule has 4 rings (SSSR count). The van der Waals surface area contributed by atoms with Gasteiger partial charge >= 0.3 is 0 Å². The third kappa shape index (κ3) is 2.19. The molecule has 0 radical (unpaired) electrons. The molecule has 4 aromatic rings. The zero-order valence-corrected chi connectivity index (χ0v) is 13.2. The summed E-state index contributed by atoms with van der Waals surface area (Å²) in [6.07, 6.45) is 0. The zero-order chi connectivity index (χ0) is 16.0. The summed E-state index contributed by atoms with van der Waals surface area (Å²) in [6, 6.07) is 12.1. The Morgan fingerprint density at radius 2 is 1.74 bits per heavy atom. The second kappa shape index (κ2) is 5.01. The SMILES string of the molecule is Cc1cc(C)c(Nc2nc3ccccc3n3nnnc23)c(C)c1. The molecule has 0 saturated carbocycles. The highest BCUT2D eigenvalue weighted by atomic mass is 15.5. The molecule has 0 bridgehead atoms. The Kier molecular flexibility index (Phi) is 2.97. The average molecular weight is 304 g/mol. The minimum Gasteiger partial charge on any atom is -0.337 e. The lowest BCUT2D eigenvalue weighted by atomic mass is 10.1. The fraction of sp³-hybridized carbons (Fsp3) is 0.176. The van der Waals surface area contributed by atoms with Crippen LogP contribution in [-0.4, -0.2) is 25.0 Å². The van der Waals surface area contributed by atoms with Gasteiger partial charge in [0.1, 0.15) is 0 Å². The van der Waals surface area contributed by atoms with E-state index in [1.807, 2.05) is 24.3 Å². The number of para-hydroxylation sites is 2. The fourth-order valence-corrected chi connectivity index (χ4v) is 2.98. The molecule has 2 heterocycles. The van der Waals surface area contributed by atoms with Crippen molar-refractivity contribution in [2.45, 2.75) is 20.8 Å². The maximum atomic E-state index is 4.70. The minimum atomic E-state index is 0.614. The van der Waals surface area contributed by atoms with Crippen molar-refractivity contribution in [3.05, 3.63) is 53.1 Å². The van der Waals surface area contributed by atoms with Crippen LogP contribution in [0.25, 0.3) is 16.7 Å². The van der Waals surface area contributed by atoms with Crippen LogP contribution in [0.4, 0.5) is 11.5 Å². The fourth-order valence-electron chi connectivity index (χ4n) is 2.98. The second-order valence-electron chi connectivity index (χ2n) is 5.76. The van der Waals surface area contributed by atoms with E-state index in [1.54, 1.807) is 4.52 Å². The van der Waals surface area contributed by atoms with Crippen LogP contribution in [0.3, 0.4) is 0 Å². The smallest absolute Gasteiger partial charge is 0.222 e. The highest BCUT2D eigenvalue weighted by molar-refractivity contribution is 5.84. The molecule has 0 amide bonds. The second-order valence-corrected chi connectivity index (χ2v) is 5.76. The van der Waals surface area contributed by atoms with E-state index in [0.29, 0.717) is 11.5 Å². The number of tetrazole rings is 1. The summed E-state index contributed by atoms with van der Waals surface area (Å²) in [4.78, 5) is 4.70. The lowest BCUT2D eigenvalue weighted by molar-refractivity contribution is 0.841. The van der Waals surface area contributed by atoms with Gasteiger partial charge in [-0.1, -0.05) is 29.8 Å². The molecule has 0 unspecified atom stereocenters. The first-order valence-corrected chi connectivity index (χ1v) is 7.45. The van der Waals surface area contributed by atoms with Gasteiger partial charge in [-0.3, -0.25) is 0 Å². The Balaban J connectivity index is 1.93. The molecule has 0 saturated heterocycles. The summed E-state index contributed by atoms with van der Waals surface area (Å²) >= 11 is 0. The molecule has 0 atom stereocenters. The van der Waals surface area contributed by atoms with Crippen molar-refractivity contribution in [1.29, 1.82) is 0 Å². The lowest BCUT2D eigenvalue weighted by Crippen LogP contribution is -2.03. The predicted molar refractivity (Wildman–Crippen MR) is 90.0 cm³/mol. The molecule has 0 spiro atoms. The summed E-state index contributed by atoms with van der Waals surface area (Å²) in [7, 11) is 0. The van der Waals surface area contributed by atoms with Crippen molar-refractivity contribution >= 4 is 28.2 Å². The number of hydrogen-bond donors (Lipinski definition) is 1. The van der Waals surface area contributed by atoms with Gasteiger partial charge in [-0.2, -0.15) is 4.52 Å². The predicted octanol–water partition coefficient (Wildman–Crippen LogP) is 3.34. The first-order valence-electron chi connectivity index (χ1n) is 7.45. The van der Waals surface area contributed by atoms with E-state index in [9.17, 15) is 0 Å². The number of aryl methyl sites for hydroxylation is 3. The van der Waals surface area contributed by atoms with E-state index < -0.39 is 0 Å². The van der Waals surface area contributed by atoms with Gasteiger partial charge in [-0.25, -0.2) is 4.98 Å². The summed E-state index contributed by atoms with van der Waals surface area (Å²) in [6.45, 7) is 6.27. The Labute approximate surface area is 133 Å². The Hall–Kier alpha value is -3.02. The number of benzene rings is 2. The number of nitrogens with zero attached hydrogens (tertiary/aromatic N) is 5. The van der Waals surface area contributed by atoms with Crippen molar-refractivity contribution in [1.82, 2.24) is 25.0 Å². The van der Waals surface area contributed by atoms with E-state index in [4.69, 9.17) is 4.98 Å². The number of hydrogen-bond acceptors (Lipinski definition) is 5. The highest BCUT2D eigenvalue weighted by Crippen LogP contribution is 2.27. The van der Waals surface area contributed by atoms with Crippen LogP contribution in [0, 0.1) is 20.8 Å². The van der Waals surface area contributed by atoms with Crippen molar-refractivity contribution in [2.75, 3.05) is 5.32 Å². The van der Waals surface area contributed by atoms with Crippen LogP contribution in [0.2, 0.25) is 0 Å². The van der Waals surface area contributed by atoms with Crippen molar-refractivity contribution < 1.29 is 0 Å². The topological polar surface area (TPSA) is 68.0 Å². The molecule has 6 nitrogen and oxygen atoms in total. The van der Waals surface area contributed by atoms with Gasteiger partial charge in [-0.05, 0) is 54.5 Å². The Morgan fingerprint density at radius 3 is 2.52 bits per heavy atom. The first kappa shape index (κ1) is 13.6. The average Bonchev–Trinajstić information content (AvgIpc) is 3.00. The van der Waals surface area contributed by atoms with Crippen LogP contribution in [0.1, 0.15) is 16.7 Å². The van der Waals surface area contributed by atoms with Gasteiger partial charge in [0.15, 0.2) is 5.82 Å². The van der Waals surface area contributed by atoms with Crippen LogP contribution in [-0.2, 0) is 0 Å². The molecule has 6 heteroatoms. The largest absolute Gasteiger partial charge is 0.337 e. The van der Waals surface area contributed by atoms with E-state index in [0.717, 1.165) is 16.7 Å². The number of rotatable bonds is 2. The maximum Gasteiger partial charge on any atom is 0.222 e. The molecule has 2 aromatic heterocycles. The molecule has 0 fully saturated rings. The van der Waals surface area contributed by atoms with Crippen molar-refractivity contribution in [3.8, 4) is 0 Å². The van der Waals surface area contributed by atoms with Gasteiger partial charge in [0.05, 0.1) is 11.0 Å². The lowest BCUT2D eigenvalue weighted by Gasteiger charge is -2.14. The third-order valence-corrected chi connectivity index (χ3v) is 3.94. The maximum absolute atomic E-state index is 4.70. The summed E-state index contributed by atoms with van der Waals surface area (Å²) in [5.74, 6) is 0.656. The van der Waals surface area contributed by atoms with Crippen molar-refractivity contribution in [2.24, 2.45) is 0 Å². The Bertz CT molecular complexity index is 1010. The molecular formula is C17H16N6. The third-order valence-electron chi connectivity index (χ3n) is 3.94. The quantitative estimate of drug-likeness (QED) is 0.615.